The first kappa shape index (κ1) is 18.6. The normalized spacial score (nSPS) is 29.7. The highest BCUT2D eigenvalue weighted by Gasteiger charge is 2.48. The highest BCUT2D eigenvalue weighted by Crippen LogP contribution is 2.53. The summed E-state index contributed by atoms with van der Waals surface area (Å²) in [5.41, 5.74) is 2.80. The van der Waals surface area contributed by atoms with E-state index in [0.717, 1.165) is 40.4 Å². The molecule has 2 heterocycles. The molecule has 4 bridgehead atoms. The second kappa shape index (κ2) is 7.22. The van der Waals surface area contributed by atoms with Crippen molar-refractivity contribution < 1.29 is 4.79 Å². The van der Waals surface area contributed by atoms with Crippen LogP contribution in [0.5, 0.6) is 0 Å². The van der Waals surface area contributed by atoms with Gasteiger partial charge < -0.3 is 9.88 Å². The van der Waals surface area contributed by atoms with Crippen molar-refractivity contribution in [1.82, 2.24) is 25.1 Å². The Bertz CT molecular complexity index is 1100. The second-order valence-corrected chi connectivity index (χ2v) is 10.3. The van der Waals surface area contributed by atoms with Gasteiger partial charge in [-0.15, -0.1) is 10.2 Å². The van der Waals surface area contributed by atoms with E-state index < -0.39 is 0 Å². The van der Waals surface area contributed by atoms with E-state index in [0.29, 0.717) is 28.8 Å². The number of nitrogens with zero attached hydrogens (tertiary/aromatic N) is 4. The van der Waals surface area contributed by atoms with Crippen LogP contribution in [0.3, 0.4) is 0 Å². The minimum absolute atomic E-state index is 0.109. The predicted molar refractivity (Wildman–Crippen MR) is 118 cm³/mol. The lowest BCUT2D eigenvalue weighted by atomic mass is 9.54. The van der Waals surface area contributed by atoms with Crippen LogP contribution in [0.25, 0.3) is 22.1 Å². The van der Waals surface area contributed by atoms with Crippen LogP contribution in [0.15, 0.2) is 29.4 Å². The number of rotatable bonds is 5. The molecule has 1 N–H and O–H groups in total. The van der Waals surface area contributed by atoms with Gasteiger partial charge in [0.05, 0.1) is 11.3 Å². The van der Waals surface area contributed by atoms with Crippen LogP contribution >= 0.6 is 11.8 Å². The molecule has 0 saturated heterocycles. The highest BCUT2D eigenvalue weighted by atomic mass is 32.2. The van der Waals surface area contributed by atoms with Gasteiger partial charge in [-0.25, -0.2) is 4.98 Å². The van der Waals surface area contributed by atoms with Crippen LogP contribution in [0, 0.1) is 23.7 Å². The number of carbonyl (C=O) groups excluding carboxylic acids is 1. The third kappa shape index (κ3) is 3.01. The molecular weight excluding hydrogens is 394 g/mol. The lowest BCUT2D eigenvalue weighted by Crippen LogP contribution is -2.56. The summed E-state index contributed by atoms with van der Waals surface area (Å²) in [5, 5.41) is 13.8. The van der Waals surface area contributed by atoms with E-state index in [9.17, 15) is 4.79 Å². The van der Waals surface area contributed by atoms with E-state index in [1.165, 1.54) is 43.9 Å². The van der Waals surface area contributed by atoms with Crippen molar-refractivity contribution >= 4 is 39.7 Å². The number of para-hydroxylation sites is 1. The number of benzene rings is 1. The van der Waals surface area contributed by atoms with Crippen LogP contribution < -0.4 is 5.32 Å². The van der Waals surface area contributed by atoms with E-state index in [-0.39, 0.29) is 5.91 Å². The summed E-state index contributed by atoms with van der Waals surface area (Å²) in [5.74, 6) is 3.70. The van der Waals surface area contributed by atoms with Crippen LogP contribution in [0.2, 0.25) is 0 Å². The Kier molecular flexibility index (Phi) is 4.48. The van der Waals surface area contributed by atoms with Gasteiger partial charge in [-0.2, -0.15) is 0 Å². The average Bonchev–Trinajstić information content (AvgIpc) is 3.07. The number of fused-ring (bicyclic) bond motifs is 3. The number of nitrogens with one attached hydrogen (secondary N) is 1. The molecule has 30 heavy (non-hydrogen) atoms. The molecule has 7 heteroatoms. The van der Waals surface area contributed by atoms with Gasteiger partial charge >= 0.3 is 0 Å². The van der Waals surface area contributed by atoms with E-state index in [4.69, 9.17) is 4.98 Å². The fraction of sp³-hybridized carbons (Fsp3) is 0.565. The number of thioether (sulfide) groups is 1. The fourth-order valence-electron chi connectivity index (χ4n) is 6.59. The first-order valence-electron chi connectivity index (χ1n) is 11.2. The Morgan fingerprint density at radius 1 is 1.10 bits per heavy atom. The Morgan fingerprint density at radius 3 is 2.57 bits per heavy atom. The molecule has 0 spiro atoms. The van der Waals surface area contributed by atoms with Crippen LogP contribution in [0.1, 0.15) is 39.0 Å². The molecule has 0 radical (unpaired) electrons. The minimum Gasteiger partial charge on any atom is -0.352 e. The molecule has 0 unspecified atom stereocenters. The Labute approximate surface area is 180 Å². The second-order valence-electron chi connectivity index (χ2n) is 9.34. The van der Waals surface area contributed by atoms with E-state index in [1.807, 2.05) is 12.1 Å². The standard InChI is InChI=1S/C23H27N5OS/c1-2-28-18-6-4-3-5-17(18)21-22(28)25-23(27-26-21)30-12-19(29)24-20-15-8-13-7-14(10-15)11-16(20)9-13/h3-6,13-16,20H,2,7-12H2,1H3,(H,24,29). The molecule has 4 saturated carbocycles. The summed E-state index contributed by atoms with van der Waals surface area (Å²) in [4.78, 5) is 17.5. The molecule has 1 amide bonds. The van der Waals surface area contributed by atoms with E-state index in [2.05, 4.69) is 39.1 Å². The molecule has 2 aromatic heterocycles. The number of aryl methyl sites for hydroxylation is 1. The number of amides is 1. The Balaban J connectivity index is 1.17. The van der Waals surface area contributed by atoms with Gasteiger partial charge in [0.2, 0.25) is 11.1 Å². The van der Waals surface area contributed by atoms with Gasteiger partial charge in [0, 0.05) is 18.0 Å². The van der Waals surface area contributed by atoms with Gasteiger partial charge in [0.1, 0.15) is 5.52 Å². The molecule has 6 nitrogen and oxygen atoms in total. The Morgan fingerprint density at radius 2 is 1.83 bits per heavy atom. The predicted octanol–water partition coefficient (Wildman–Crippen LogP) is 4.03. The molecule has 3 aromatic rings. The Hall–Kier alpha value is -2.15. The maximum atomic E-state index is 12.7. The van der Waals surface area contributed by atoms with Crippen molar-refractivity contribution in [1.29, 1.82) is 0 Å². The summed E-state index contributed by atoms with van der Waals surface area (Å²) in [7, 11) is 0. The fourth-order valence-corrected chi connectivity index (χ4v) is 7.18. The zero-order valence-electron chi connectivity index (χ0n) is 17.3. The van der Waals surface area contributed by atoms with Crippen molar-refractivity contribution in [2.75, 3.05) is 5.75 Å². The van der Waals surface area contributed by atoms with Crippen molar-refractivity contribution in [3.63, 3.8) is 0 Å². The monoisotopic (exact) mass is 421 g/mol. The summed E-state index contributed by atoms with van der Waals surface area (Å²) in [6.45, 7) is 2.93. The average molecular weight is 422 g/mol. The molecule has 0 atom stereocenters. The number of aromatic nitrogens is 4. The van der Waals surface area contributed by atoms with Crippen molar-refractivity contribution in [3.8, 4) is 0 Å². The zero-order chi connectivity index (χ0) is 20.2. The minimum atomic E-state index is 0.109. The van der Waals surface area contributed by atoms with Crippen molar-refractivity contribution in [2.24, 2.45) is 23.7 Å². The zero-order valence-corrected chi connectivity index (χ0v) is 18.1. The maximum Gasteiger partial charge on any atom is 0.230 e. The third-order valence-corrected chi connectivity index (χ3v) is 8.40. The molecule has 4 aliphatic carbocycles. The summed E-state index contributed by atoms with van der Waals surface area (Å²) >= 11 is 1.39. The van der Waals surface area contributed by atoms with Crippen LogP contribution in [-0.4, -0.2) is 37.5 Å². The summed E-state index contributed by atoms with van der Waals surface area (Å²) in [6, 6.07) is 8.58. The smallest absolute Gasteiger partial charge is 0.230 e. The van der Waals surface area contributed by atoms with Gasteiger partial charge in [-0.05, 0) is 68.8 Å². The van der Waals surface area contributed by atoms with Gasteiger partial charge in [0.25, 0.3) is 0 Å². The SMILES string of the molecule is CCn1c2ccccc2c2nnc(SCC(=O)NC3C4CC5CC(C4)CC3C5)nc21. The first-order valence-corrected chi connectivity index (χ1v) is 12.2. The quantitative estimate of drug-likeness (QED) is 0.630. The van der Waals surface area contributed by atoms with E-state index >= 15 is 0 Å². The molecular formula is C23H27N5OS. The first-order chi connectivity index (χ1) is 14.7. The third-order valence-electron chi connectivity index (χ3n) is 7.56. The van der Waals surface area contributed by atoms with Crippen molar-refractivity contribution in [3.05, 3.63) is 24.3 Å². The highest BCUT2D eigenvalue weighted by molar-refractivity contribution is 7.99. The van der Waals surface area contributed by atoms with E-state index in [1.54, 1.807) is 0 Å². The number of hydrogen-bond acceptors (Lipinski definition) is 5. The number of hydrogen-bond donors (Lipinski definition) is 1. The molecule has 4 aliphatic rings. The lowest BCUT2D eigenvalue weighted by molar-refractivity contribution is -0.122. The van der Waals surface area contributed by atoms with Gasteiger partial charge in [0.15, 0.2) is 5.65 Å². The number of carbonyl (C=O) groups is 1. The molecule has 0 aliphatic heterocycles. The van der Waals surface area contributed by atoms with Crippen molar-refractivity contribution in [2.45, 2.75) is 56.8 Å². The lowest BCUT2D eigenvalue weighted by Gasteiger charge is -2.54. The molecule has 1 aromatic carbocycles. The summed E-state index contributed by atoms with van der Waals surface area (Å²) in [6.07, 6.45) is 6.70. The van der Waals surface area contributed by atoms with Crippen LogP contribution in [0.4, 0.5) is 0 Å². The summed E-state index contributed by atoms with van der Waals surface area (Å²) < 4.78 is 2.16. The topological polar surface area (TPSA) is 72.7 Å². The van der Waals surface area contributed by atoms with Crippen LogP contribution in [-0.2, 0) is 11.3 Å². The molecule has 4 fully saturated rings. The van der Waals surface area contributed by atoms with Gasteiger partial charge in [-0.3, -0.25) is 4.79 Å². The van der Waals surface area contributed by atoms with Gasteiger partial charge in [-0.1, -0.05) is 30.0 Å². The molecule has 156 valence electrons. The maximum absolute atomic E-state index is 12.7. The largest absolute Gasteiger partial charge is 0.352 e. The molecule has 7 rings (SSSR count).